The second kappa shape index (κ2) is 4.98. The fourth-order valence-corrected chi connectivity index (χ4v) is 2.37. The first kappa shape index (κ1) is 12.7. The van der Waals surface area contributed by atoms with Gasteiger partial charge in [-0.05, 0) is 29.8 Å². The summed E-state index contributed by atoms with van der Waals surface area (Å²) < 4.78 is 11.0. The van der Waals surface area contributed by atoms with Crippen molar-refractivity contribution in [1.82, 2.24) is 0 Å². The zero-order valence-corrected chi connectivity index (χ0v) is 11.1. The Bertz CT molecular complexity index is 636. The first-order chi connectivity index (χ1) is 9.70. The molecule has 1 aliphatic rings. The summed E-state index contributed by atoms with van der Waals surface area (Å²) in [5.41, 5.74) is 7.44. The Balaban J connectivity index is 1.97. The number of para-hydroxylation sites is 1. The number of Topliss-reactive ketones (excluding diaryl/α,β-unsaturated/α-hetero) is 1. The zero-order valence-electron chi connectivity index (χ0n) is 11.1. The number of nitrogens with two attached hydrogens (primary N) is 1. The predicted octanol–water partition coefficient (Wildman–Crippen LogP) is 2.34. The molecule has 1 heterocycles. The van der Waals surface area contributed by atoms with Crippen LogP contribution in [0.25, 0.3) is 0 Å². The van der Waals surface area contributed by atoms with Gasteiger partial charge >= 0.3 is 0 Å². The molecular weight excluding hydrogens is 254 g/mol. The number of fused-ring (bicyclic) bond motifs is 1. The van der Waals surface area contributed by atoms with Gasteiger partial charge in [0.1, 0.15) is 23.6 Å². The largest absolute Gasteiger partial charge is 0.497 e. The number of rotatable bonds is 2. The number of ketones is 1. The molecule has 0 unspecified atom stereocenters. The Morgan fingerprint density at radius 1 is 1.10 bits per heavy atom. The van der Waals surface area contributed by atoms with Crippen molar-refractivity contribution in [3.05, 3.63) is 59.7 Å². The quantitative estimate of drug-likeness (QED) is 0.909. The Hall–Kier alpha value is -2.33. The number of ether oxygens (including phenoxy) is 2. The van der Waals surface area contributed by atoms with Crippen LogP contribution in [0.1, 0.15) is 22.0 Å². The van der Waals surface area contributed by atoms with Gasteiger partial charge in [-0.15, -0.1) is 0 Å². The van der Waals surface area contributed by atoms with Gasteiger partial charge in [0.2, 0.25) is 0 Å². The number of hydrogen-bond donors (Lipinski definition) is 1. The Morgan fingerprint density at radius 3 is 2.50 bits per heavy atom. The Morgan fingerprint density at radius 2 is 1.80 bits per heavy atom. The topological polar surface area (TPSA) is 61.5 Å². The fourth-order valence-electron chi connectivity index (χ4n) is 2.37. The molecule has 4 heteroatoms. The van der Waals surface area contributed by atoms with E-state index in [1.165, 1.54) is 0 Å². The van der Waals surface area contributed by atoms with E-state index in [0.29, 0.717) is 11.3 Å². The normalized spacial score (nSPS) is 21.0. The van der Waals surface area contributed by atoms with Gasteiger partial charge in [-0.2, -0.15) is 0 Å². The highest BCUT2D eigenvalue weighted by atomic mass is 16.5. The molecule has 0 amide bonds. The molecule has 2 aromatic rings. The molecule has 0 saturated carbocycles. The lowest BCUT2D eigenvalue weighted by Gasteiger charge is -2.30. The molecule has 4 nitrogen and oxygen atoms in total. The van der Waals surface area contributed by atoms with E-state index < -0.39 is 12.1 Å². The van der Waals surface area contributed by atoms with Gasteiger partial charge in [0.15, 0.2) is 5.78 Å². The van der Waals surface area contributed by atoms with Crippen molar-refractivity contribution in [2.75, 3.05) is 7.11 Å². The molecule has 2 atom stereocenters. The zero-order chi connectivity index (χ0) is 14.1. The number of benzene rings is 2. The molecule has 102 valence electrons. The number of hydrogen-bond acceptors (Lipinski definition) is 4. The predicted molar refractivity (Wildman–Crippen MR) is 75.1 cm³/mol. The van der Waals surface area contributed by atoms with E-state index in [4.69, 9.17) is 15.2 Å². The van der Waals surface area contributed by atoms with Crippen LogP contribution in [-0.4, -0.2) is 18.9 Å². The third kappa shape index (κ3) is 2.04. The molecule has 0 saturated heterocycles. The van der Waals surface area contributed by atoms with Gasteiger partial charge < -0.3 is 15.2 Å². The summed E-state index contributed by atoms with van der Waals surface area (Å²) >= 11 is 0. The number of carbonyl (C=O) groups is 1. The molecule has 0 fully saturated rings. The standard InChI is InChI=1S/C16H15NO3/c1-19-11-8-6-10(7-9-11)16-14(17)15(18)12-4-2-3-5-13(12)20-16/h2-9,14,16H,17H2,1H3/t14-,16+/m0/s1. The third-order valence-corrected chi connectivity index (χ3v) is 3.48. The van der Waals surface area contributed by atoms with Gasteiger partial charge in [-0.1, -0.05) is 24.3 Å². The summed E-state index contributed by atoms with van der Waals surface area (Å²) in [4.78, 5) is 12.3. The minimum Gasteiger partial charge on any atom is -0.497 e. The van der Waals surface area contributed by atoms with Crippen LogP contribution in [0.5, 0.6) is 11.5 Å². The van der Waals surface area contributed by atoms with Gasteiger partial charge in [0.25, 0.3) is 0 Å². The van der Waals surface area contributed by atoms with Gasteiger partial charge in [-0.25, -0.2) is 0 Å². The summed E-state index contributed by atoms with van der Waals surface area (Å²) in [6.07, 6.45) is -0.469. The highest BCUT2D eigenvalue weighted by Crippen LogP contribution is 2.34. The summed E-state index contributed by atoms with van der Waals surface area (Å²) in [6, 6.07) is 13.9. The second-order valence-corrected chi connectivity index (χ2v) is 4.70. The maximum Gasteiger partial charge on any atom is 0.187 e. The van der Waals surface area contributed by atoms with Crippen LogP contribution in [-0.2, 0) is 0 Å². The van der Waals surface area contributed by atoms with Crippen LogP contribution in [0, 0.1) is 0 Å². The van der Waals surface area contributed by atoms with Crippen molar-refractivity contribution in [1.29, 1.82) is 0 Å². The average molecular weight is 269 g/mol. The molecule has 1 aliphatic heterocycles. The molecule has 2 aromatic carbocycles. The van der Waals surface area contributed by atoms with Gasteiger partial charge in [-0.3, -0.25) is 4.79 Å². The molecule has 3 rings (SSSR count). The van der Waals surface area contributed by atoms with E-state index in [0.717, 1.165) is 11.3 Å². The molecule has 0 radical (unpaired) electrons. The van der Waals surface area contributed by atoms with E-state index in [2.05, 4.69) is 0 Å². The van der Waals surface area contributed by atoms with Crippen LogP contribution in [0.3, 0.4) is 0 Å². The van der Waals surface area contributed by atoms with E-state index in [-0.39, 0.29) is 5.78 Å². The minimum atomic E-state index is -0.696. The average Bonchev–Trinajstić information content (AvgIpc) is 2.51. The van der Waals surface area contributed by atoms with E-state index >= 15 is 0 Å². The monoisotopic (exact) mass is 269 g/mol. The first-order valence-electron chi connectivity index (χ1n) is 6.40. The molecule has 2 N–H and O–H groups in total. The van der Waals surface area contributed by atoms with Crippen LogP contribution < -0.4 is 15.2 Å². The highest BCUT2D eigenvalue weighted by Gasteiger charge is 2.35. The highest BCUT2D eigenvalue weighted by molar-refractivity contribution is 6.03. The van der Waals surface area contributed by atoms with E-state index in [1.807, 2.05) is 30.3 Å². The second-order valence-electron chi connectivity index (χ2n) is 4.70. The molecule has 0 bridgehead atoms. The smallest absolute Gasteiger partial charge is 0.187 e. The van der Waals surface area contributed by atoms with Crippen molar-refractivity contribution in [3.8, 4) is 11.5 Å². The minimum absolute atomic E-state index is 0.0901. The Labute approximate surface area is 117 Å². The van der Waals surface area contributed by atoms with Crippen LogP contribution in [0.4, 0.5) is 0 Å². The van der Waals surface area contributed by atoms with Crippen molar-refractivity contribution >= 4 is 5.78 Å². The SMILES string of the molecule is COc1ccc([C@H]2Oc3ccccc3C(=O)[C@@H]2N)cc1. The lowest BCUT2D eigenvalue weighted by Crippen LogP contribution is -2.42. The van der Waals surface area contributed by atoms with Gasteiger partial charge in [0, 0.05) is 0 Å². The lowest BCUT2D eigenvalue weighted by molar-refractivity contribution is 0.0789. The van der Waals surface area contributed by atoms with Crippen molar-refractivity contribution in [2.24, 2.45) is 5.73 Å². The van der Waals surface area contributed by atoms with E-state index in [9.17, 15) is 4.79 Å². The first-order valence-corrected chi connectivity index (χ1v) is 6.40. The molecule has 0 spiro atoms. The molecule has 20 heavy (non-hydrogen) atoms. The summed E-state index contributed by atoms with van der Waals surface area (Å²) in [5, 5.41) is 0. The Kier molecular flexibility index (Phi) is 3.16. The molecule has 0 aromatic heterocycles. The summed E-state index contributed by atoms with van der Waals surface area (Å²) in [7, 11) is 1.61. The van der Waals surface area contributed by atoms with Crippen molar-refractivity contribution < 1.29 is 14.3 Å². The van der Waals surface area contributed by atoms with Crippen molar-refractivity contribution in [2.45, 2.75) is 12.1 Å². The molecule has 0 aliphatic carbocycles. The third-order valence-electron chi connectivity index (χ3n) is 3.48. The van der Waals surface area contributed by atoms with Crippen LogP contribution in [0.15, 0.2) is 48.5 Å². The van der Waals surface area contributed by atoms with Crippen molar-refractivity contribution in [3.63, 3.8) is 0 Å². The summed E-state index contributed by atoms with van der Waals surface area (Å²) in [5.74, 6) is 1.25. The fraction of sp³-hybridized carbons (Fsp3) is 0.188. The lowest BCUT2D eigenvalue weighted by atomic mass is 9.92. The maximum atomic E-state index is 12.3. The number of methoxy groups -OCH3 is 1. The van der Waals surface area contributed by atoms with E-state index in [1.54, 1.807) is 25.3 Å². The van der Waals surface area contributed by atoms with Crippen LogP contribution in [0.2, 0.25) is 0 Å². The molecular formula is C16H15NO3. The number of carbonyl (C=O) groups excluding carboxylic acids is 1. The van der Waals surface area contributed by atoms with Gasteiger partial charge in [0.05, 0.1) is 12.7 Å². The summed E-state index contributed by atoms with van der Waals surface area (Å²) in [6.45, 7) is 0. The maximum absolute atomic E-state index is 12.3. The van der Waals surface area contributed by atoms with Crippen LogP contribution >= 0.6 is 0 Å².